The van der Waals surface area contributed by atoms with Crippen LogP contribution < -0.4 is 4.74 Å². The summed E-state index contributed by atoms with van der Waals surface area (Å²) in [4.78, 5) is 0. The molecule has 1 aromatic carbocycles. The van der Waals surface area contributed by atoms with Crippen molar-refractivity contribution in [2.24, 2.45) is 0 Å². The molecule has 0 aliphatic carbocycles. The summed E-state index contributed by atoms with van der Waals surface area (Å²) in [6, 6.07) is 8.48. The van der Waals surface area contributed by atoms with E-state index in [0.717, 1.165) is 5.69 Å². The highest BCUT2D eigenvalue weighted by Gasteiger charge is 2.12. The Morgan fingerprint density at radius 3 is 2.81 bits per heavy atom. The van der Waals surface area contributed by atoms with E-state index in [1.165, 1.54) is 0 Å². The van der Waals surface area contributed by atoms with Crippen LogP contribution >= 0.6 is 0 Å². The first-order valence-corrected chi connectivity index (χ1v) is 5.04. The number of aryl methyl sites for hydroxylation is 1. The van der Waals surface area contributed by atoms with E-state index in [1.54, 1.807) is 24.3 Å². The highest BCUT2D eigenvalue weighted by atomic mass is 16.5. The van der Waals surface area contributed by atoms with Crippen LogP contribution in [0.15, 0.2) is 34.9 Å². The molecule has 0 aliphatic rings. The number of benzene rings is 1. The number of nitrogens with zero attached hydrogens (tertiary/aromatic N) is 1. The summed E-state index contributed by atoms with van der Waals surface area (Å²) >= 11 is 0. The molecule has 1 unspecified atom stereocenters. The van der Waals surface area contributed by atoms with Crippen molar-refractivity contribution < 1.29 is 14.4 Å². The lowest BCUT2D eigenvalue weighted by molar-refractivity contribution is 0.181. The van der Waals surface area contributed by atoms with Gasteiger partial charge in [-0.05, 0) is 26.0 Å². The van der Waals surface area contributed by atoms with Crippen molar-refractivity contribution in [3.8, 4) is 11.5 Å². The molecule has 1 aromatic heterocycles. The van der Waals surface area contributed by atoms with Crippen molar-refractivity contribution in [1.29, 1.82) is 0 Å². The summed E-state index contributed by atoms with van der Waals surface area (Å²) in [5, 5.41) is 13.1. The number of ether oxygens (including phenoxy) is 1. The third kappa shape index (κ3) is 2.34. The van der Waals surface area contributed by atoms with Crippen molar-refractivity contribution >= 4 is 0 Å². The van der Waals surface area contributed by atoms with Crippen molar-refractivity contribution in [3.05, 3.63) is 41.8 Å². The van der Waals surface area contributed by atoms with Gasteiger partial charge in [-0.25, -0.2) is 0 Å². The van der Waals surface area contributed by atoms with E-state index < -0.39 is 0 Å². The Labute approximate surface area is 93.5 Å². The molecule has 1 N–H and O–H groups in total. The molecule has 0 radical (unpaired) electrons. The number of rotatable bonds is 3. The minimum absolute atomic E-state index is 0.179. The molecule has 84 valence electrons. The van der Waals surface area contributed by atoms with Crippen LogP contribution in [-0.2, 0) is 0 Å². The standard InChI is InChI=1S/C12H13NO3/c1-8-6-12(16-13-8)9(2)15-11-5-3-4-10(14)7-11/h3-7,9,14H,1-2H3. The molecule has 0 saturated heterocycles. The zero-order chi connectivity index (χ0) is 11.5. The van der Waals surface area contributed by atoms with Crippen LogP contribution in [0.5, 0.6) is 11.5 Å². The van der Waals surface area contributed by atoms with Crippen LogP contribution in [0.2, 0.25) is 0 Å². The average molecular weight is 219 g/mol. The number of phenolic OH excluding ortho intramolecular Hbond substituents is 1. The third-order valence-corrected chi connectivity index (χ3v) is 2.18. The Hall–Kier alpha value is -1.97. The highest BCUT2D eigenvalue weighted by molar-refractivity contribution is 5.32. The van der Waals surface area contributed by atoms with E-state index in [9.17, 15) is 5.11 Å². The van der Waals surface area contributed by atoms with Crippen LogP contribution in [-0.4, -0.2) is 10.3 Å². The van der Waals surface area contributed by atoms with Gasteiger partial charge in [0.05, 0.1) is 5.69 Å². The van der Waals surface area contributed by atoms with Crippen LogP contribution in [0.4, 0.5) is 0 Å². The maximum atomic E-state index is 9.28. The lowest BCUT2D eigenvalue weighted by Gasteiger charge is -2.11. The smallest absolute Gasteiger partial charge is 0.177 e. The van der Waals surface area contributed by atoms with Gasteiger partial charge >= 0.3 is 0 Å². The molecule has 0 amide bonds. The van der Waals surface area contributed by atoms with Crippen LogP contribution in [0, 0.1) is 6.92 Å². The summed E-state index contributed by atoms with van der Waals surface area (Å²) < 4.78 is 10.7. The molecule has 4 nitrogen and oxygen atoms in total. The van der Waals surface area contributed by atoms with Gasteiger partial charge in [-0.3, -0.25) is 0 Å². The molecule has 0 fully saturated rings. The fourth-order valence-electron chi connectivity index (χ4n) is 1.39. The van der Waals surface area contributed by atoms with Crippen molar-refractivity contribution in [1.82, 2.24) is 5.16 Å². The lowest BCUT2D eigenvalue weighted by atomic mass is 10.2. The van der Waals surface area contributed by atoms with Crippen LogP contribution in [0.1, 0.15) is 24.5 Å². The van der Waals surface area contributed by atoms with Crippen molar-refractivity contribution in [3.63, 3.8) is 0 Å². The lowest BCUT2D eigenvalue weighted by Crippen LogP contribution is -2.01. The molecule has 16 heavy (non-hydrogen) atoms. The summed E-state index contributed by atoms with van der Waals surface area (Å²) in [6.45, 7) is 3.72. The zero-order valence-electron chi connectivity index (χ0n) is 9.18. The fraction of sp³-hybridized carbons (Fsp3) is 0.250. The van der Waals surface area contributed by atoms with Crippen molar-refractivity contribution in [2.75, 3.05) is 0 Å². The van der Waals surface area contributed by atoms with Gasteiger partial charge < -0.3 is 14.4 Å². The molecule has 0 bridgehead atoms. The van der Waals surface area contributed by atoms with Gasteiger partial charge in [0.2, 0.25) is 0 Å². The van der Waals surface area contributed by atoms with Gasteiger partial charge in [0.25, 0.3) is 0 Å². The second-order valence-electron chi connectivity index (χ2n) is 3.63. The maximum absolute atomic E-state index is 9.28. The van der Waals surface area contributed by atoms with Gasteiger partial charge in [-0.2, -0.15) is 0 Å². The SMILES string of the molecule is Cc1cc(C(C)Oc2cccc(O)c2)on1. The molecular formula is C12H13NO3. The quantitative estimate of drug-likeness (QED) is 0.862. The molecule has 2 aromatic rings. The second kappa shape index (κ2) is 4.26. The van der Waals surface area contributed by atoms with Gasteiger partial charge in [0.1, 0.15) is 11.5 Å². The Kier molecular flexibility index (Phi) is 2.81. The molecular weight excluding hydrogens is 206 g/mol. The number of aromatic nitrogens is 1. The second-order valence-corrected chi connectivity index (χ2v) is 3.63. The number of aromatic hydroxyl groups is 1. The van der Waals surface area contributed by atoms with Gasteiger partial charge in [0.15, 0.2) is 11.9 Å². The van der Waals surface area contributed by atoms with Crippen molar-refractivity contribution in [2.45, 2.75) is 20.0 Å². The Morgan fingerprint density at radius 1 is 1.38 bits per heavy atom. The predicted octanol–water partition coefficient (Wildman–Crippen LogP) is 2.83. The number of phenols is 1. The largest absolute Gasteiger partial charge is 0.508 e. The topological polar surface area (TPSA) is 55.5 Å². The summed E-state index contributed by atoms with van der Waals surface area (Å²) in [5.41, 5.74) is 0.821. The molecule has 1 heterocycles. The van der Waals surface area contributed by atoms with Crippen LogP contribution in [0.3, 0.4) is 0 Å². The Morgan fingerprint density at radius 2 is 2.19 bits per heavy atom. The molecule has 0 saturated carbocycles. The maximum Gasteiger partial charge on any atom is 0.177 e. The van der Waals surface area contributed by atoms with Gasteiger partial charge in [-0.15, -0.1) is 0 Å². The van der Waals surface area contributed by atoms with Crippen LogP contribution in [0.25, 0.3) is 0 Å². The van der Waals surface area contributed by atoms with E-state index in [0.29, 0.717) is 11.5 Å². The number of hydrogen-bond donors (Lipinski definition) is 1. The first kappa shape index (κ1) is 10.5. The van der Waals surface area contributed by atoms with E-state index in [-0.39, 0.29) is 11.9 Å². The molecule has 4 heteroatoms. The minimum Gasteiger partial charge on any atom is -0.508 e. The first-order valence-electron chi connectivity index (χ1n) is 5.04. The zero-order valence-corrected chi connectivity index (χ0v) is 9.18. The number of hydrogen-bond acceptors (Lipinski definition) is 4. The summed E-state index contributed by atoms with van der Waals surface area (Å²) in [6.07, 6.45) is -0.233. The Bertz CT molecular complexity index is 479. The molecule has 1 atom stereocenters. The van der Waals surface area contributed by atoms with E-state index in [1.807, 2.05) is 19.9 Å². The van der Waals surface area contributed by atoms with E-state index in [4.69, 9.17) is 9.26 Å². The predicted molar refractivity (Wildman–Crippen MR) is 58.4 cm³/mol. The summed E-state index contributed by atoms with van der Waals surface area (Å²) in [5.74, 6) is 1.45. The molecule has 0 spiro atoms. The highest BCUT2D eigenvalue weighted by Crippen LogP contribution is 2.24. The molecule has 0 aliphatic heterocycles. The normalized spacial score (nSPS) is 12.4. The van der Waals surface area contributed by atoms with Gasteiger partial charge in [0, 0.05) is 12.1 Å². The first-order chi connectivity index (χ1) is 7.65. The third-order valence-electron chi connectivity index (χ3n) is 2.18. The monoisotopic (exact) mass is 219 g/mol. The van der Waals surface area contributed by atoms with E-state index >= 15 is 0 Å². The fourth-order valence-corrected chi connectivity index (χ4v) is 1.39. The summed E-state index contributed by atoms with van der Waals surface area (Å²) in [7, 11) is 0. The average Bonchev–Trinajstić information content (AvgIpc) is 2.65. The Balaban J connectivity index is 2.10. The van der Waals surface area contributed by atoms with E-state index in [2.05, 4.69) is 5.16 Å². The molecule has 2 rings (SSSR count). The van der Waals surface area contributed by atoms with Gasteiger partial charge in [-0.1, -0.05) is 11.2 Å². The minimum atomic E-state index is -0.233.